The molecule has 3 aromatic rings. The Morgan fingerprint density at radius 2 is 1.82 bits per heavy atom. The Labute approximate surface area is 189 Å². The molecule has 1 saturated heterocycles. The number of amides is 1. The van der Waals surface area contributed by atoms with Crippen molar-refractivity contribution in [1.82, 2.24) is 15.0 Å². The van der Waals surface area contributed by atoms with Gasteiger partial charge in [0, 0.05) is 24.2 Å². The zero-order valence-corrected chi connectivity index (χ0v) is 18.3. The molecule has 1 amide bonds. The third-order valence-corrected chi connectivity index (χ3v) is 5.72. The van der Waals surface area contributed by atoms with E-state index in [1.165, 1.54) is 30.3 Å². The molecule has 33 heavy (non-hydrogen) atoms. The zero-order chi connectivity index (χ0) is 23.5. The van der Waals surface area contributed by atoms with Crippen molar-refractivity contribution in [2.45, 2.75) is 32.8 Å². The van der Waals surface area contributed by atoms with Crippen molar-refractivity contribution in [3.8, 4) is 11.4 Å². The number of carbonyl (C=O) groups excluding carboxylic acids is 2. The summed E-state index contributed by atoms with van der Waals surface area (Å²) in [5.74, 6) is -1.41. The van der Waals surface area contributed by atoms with Gasteiger partial charge >= 0.3 is 5.97 Å². The van der Waals surface area contributed by atoms with Gasteiger partial charge in [-0.1, -0.05) is 17.3 Å². The average Bonchev–Trinajstić information content (AvgIpc) is 3.31. The molecular formula is C24H23F2N3O4. The molecule has 1 aliphatic heterocycles. The topological polar surface area (TPSA) is 85.5 Å². The van der Waals surface area contributed by atoms with E-state index in [-0.39, 0.29) is 29.4 Å². The first kappa shape index (κ1) is 22.6. The van der Waals surface area contributed by atoms with Gasteiger partial charge in [-0.3, -0.25) is 9.59 Å². The van der Waals surface area contributed by atoms with Gasteiger partial charge in [-0.05, 0) is 62.6 Å². The number of rotatable bonds is 5. The van der Waals surface area contributed by atoms with Crippen LogP contribution in [0.5, 0.6) is 0 Å². The Morgan fingerprint density at radius 3 is 2.48 bits per heavy atom. The van der Waals surface area contributed by atoms with Gasteiger partial charge < -0.3 is 14.2 Å². The molecule has 1 atom stereocenters. The monoisotopic (exact) mass is 455 g/mol. The molecule has 9 heteroatoms. The number of carbonyl (C=O) groups is 2. The van der Waals surface area contributed by atoms with E-state index in [1.807, 2.05) is 0 Å². The van der Waals surface area contributed by atoms with Crippen LogP contribution in [0.15, 0.2) is 47.0 Å². The van der Waals surface area contributed by atoms with E-state index in [4.69, 9.17) is 9.26 Å². The number of aryl methyl sites for hydroxylation is 1. The predicted molar refractivity (Wildman–Crippen MR) is 114 cm³/mol. The van der Waals surface area contributed by atoms with Gasteiger partial charge in [-0.2, -0.15) is 4.98 Å². The molecule has 0 N–H and O–H groups in total. The minimum atomic E-state index is -0.770. The average molecular weight is 455 g/mol. The predicted octanol–water partition coefficient (Wildman–Crippen LogP) is 4.48. The number of hydrogen-bond acceptors (Lipinski definition) is 6. The van der Waals surface area contributed by atoms with Gasteiger partial charge in [-0.25, -0.2) is 8.78 Å². The van der Waals surface area contributed by atoms with Crippen LogP contribution in [0.25, 0.3) is 11.4 Å². The first-order valence-corrected chi connectivity index (χ1v) is 10.7. The standard InChI is InChI=1S/C24H23F2N3O4/c1-14-3-4-18(13-20(14)26)21-27-22(33-28-21)15(2)32-24(31)17-9-11-29(12-10-17)23(30)16-5-7-19(25)8-6-16/h3-8,13,15,17H,9-12H2,1-2H3. The Bertz CT molecular complexity index is 1150. The number of ether oxygens (including phenoxy) is 1. The molecule has 2 aromatic carbocycles. The van der Waals surface area contributed by atoms with Crippen LogP contribution in [0.4, 0.5) is 8.78 Å². The van der Waals surface area contributed by atoms with Crippen LogP contribution in [0.2, 0.25) is 0 Å². The van der Waals surface area contributed by atoms with Crippen LogP contribution in [-0.4, -0.2) is 40.0 Å². The third kappa shape index (κ3) is 5.08. The number of aromatic nitrogens is 2. The molecule has 0 spiro atoms. The van der Waals surface area contributed by atoms with Crippen molar-refractivity contribution in [3.05, 3.63) is 71.1 Å². The lowest BCUT2D eigenvalue weighted by Gasteiger charge is -2.31. The van der Waals surface area contributed by atoms with E-state index in [1.54, 1.807) is 30.9 Å². The maximum absolute atomic E-state index is 13.8. The first-order chi connectivity index (χ1) is 15.8. The summed E-state index contributed by atoms with van der Waals surface area (Å²) in [5.41, 5.74) is 1.38. The Morgan fingerprint density at radius 1 is 1.12 bits per heavy atom. The Hall–Kier alpha value is -3.62. The van der Waals surface area contributed by atoms with Crippen LogP contribution in [0.1, 0.15) is 47.7 Å². The summed E-state index contributed by atoms with van der Waals surface area (Å²) in [6.07, 6.45) is 0.139. The summed E-state index contributed by atoms with van der Waals surface area (Å²) < 4.78 is 37.6. The molecule has 172 valence electrons. The summed E-state index contributed by atoms with van der Waals surface area (Å²) in [5, 5.41) is 3.85. The zero-order valence-electron chi connectivity index (χ0n) is 18.3. The summed E-state index contributed by atoms with van der Waals surface area (Å²) in [6.45, 7) is 4.08. The largest absolute Gasteiger partial charge is 0.452 e. The van der Waals surface area contributed by atoms with E-state index >= 15 is 0 Å². The summed E-state index contributed by atoms with van der Waals surface area (Å²) in [4.78, 5) is 31.0. The normalized spacial score (nSPS) is 15.3. The second kappa shape index (κ2) is 9.48. The molecule has 2 heterocycles. The fraction of sp³-hybridized carbons (Fsp3) is 0.333. The molecule has 1 aliphatic rings. The highest BCUT2D eigenvalue weighted by Gasteiger charge is 2.31. The van der Waals surface area contributed by atoms with E-state index in [9.17, 15) is 18.4 Å². The minimum Gasteiger partial charge on any atom is -0.452 e. The van der Waals surface area contributed by atoms with Crippen molar-refractivity contribution in [3.63, 3.8) is 0 Å². The molecule has 7 nitrogen and oxygen atoms in total. The number of hydrogen-bond donors (Lipinski definition) is 0. The van der Waals surface area contributed by atoms with Gasteiger partial charge in [0.1, 0.15) is 11.6 Å². The highest BCUT2D eigenvalue weighted by molar-refractivity contribution is 5.94. The Kier molecular flexibility index (Phi) is 6.48. The lowest BCUT2D eigenvalue weighted by Crippen LogP contribution is -2.40. The molecule has 0 saturated carbocycles. The van der Waals surface area contributed by atoms with Crippen molar-refractivity contribution in [2.75, 3.05) is 13.1 Å². The number of likely N-dealkylation sites (tertiary alicyclic amines) is 1. The van der Waals surface area contributed by atoms with Gasteiger partial charge in [0.25, 0.3) is 11.8 Å². The maximum Gasteiger partial charge on any atom is 0.309 e. The van der Waals surface area contributed by atoms with Gasteiger partial charge in [0.15, 0.2) is 6.10 Å². The molecule has 0 aliphatic carbocycles. The quantitative estimate of drug-likeness (QED) is 0.528. The van der Waals surface area contributed by atoms with Gasteiger partial charge in [0.2, 0.25) is 5.82 Å². The van der Waals surface area contributed by atoms with Crippen LogP contribution >= 0.6 is 0 Å². The second-order valence-electron chi connectivity index (χ2n) is 8.07. The molecular weight excluding hydrogens is 432 g/mol. The number of nitrogens with zero attached hydrogens (tertiary/aromatic N) is 3. The molecule has 1 fully saturated rings. The minimum absolute atomic E-state index is 0.114. The summed E-state index contributed by atoms with van der Waals surface area (Å²) >= 11 is 0. The van der Waals surface area contributed by atoms with Crippen LogP contribution in [0.3, 0.4) is 0 Å². The maximum atomic E-state index is 13.8. The van der Waals surface area contributed by atoms with Crippen molar-refractivity contribution in [2.24, 2.45) is 5.92 Å². The number of benzene rings is 2. The highest BCUT2D eigenvalue weighted by atomic mass is 19.1. The lowest BCUT2D eigenvalue weighted by atomic mass is 9.96. The van der Waals surface area contributed by atoms with E-state index in [0.29, 0.717) is 42.6 Å². The van der Waals surface area contributed by atoms with Crippen LogP contribution < -0.4 is 0 Å². The second-order valence-corrected chi connectivity index (χ2v) is 8.07. The highest BCUT2D eigenvalue weighted by Crippen LogP contribution is 2.26. The van der Waals surface area contributed by atoms with Crippen molar-refractivity contribution < 1.29 is 27.6 Å². The molecule has 1 unspecified atom stereocenters. The summed E-state index contributed by atoms with van der Waals surface area (Å²) in [6, 6.07) is 10.0. The summed E-state index contributed by atoms with van der Waals surface area (Å²) in [7, 11) is 0. The van der Waals surface area contributed by atoms with Gasteiger partial charge in [0.05, 0.1) is 5.92 Å². The smallest absolute Gasteiger partial charge is 0.309 e. The van der Waals surface area contributed by atoms with E-state index < -0.39 is 17.9 Å². The molecule has 1 aromatic heterocycles. The third-order valence-electron chi connectivity index (χ3n) is 5.72. The fourth-order valence-electron chi connectivity index (χ4n) is 3.66. The number of halogens is 2. The molecule has 0 radical (unpaired) electrons. The van der Waals surface area contributed by atoms with Crippen LogP contribution in [0, 0.1) is 24.5 Å². The molecule has 4 rings (SSSR count). The van der Waals surface area contributed by atoms with Crippen LogP contribution in [-0.2, 0) is 9.53 Å². The number of esters is 1. The Balaban J connectivity index is 1.32. The van der Waals surface area contributed by atoms with E-state index in [2.05, 4.69) is 10.1 Å². The molecule has 0 bridgehead atoms. The van der Waals surface area contributed by atoms with Crippen molar-refractivity contribution >= 4 is 11.9 Å². The SMILES string of the molecule is Cc1ccc(-c2noc(C(C)OC(=O)C3CCN(C(=O)c4ccc(F)cc4)CC3)n2)cc1F. The number of piperidine rings is 1. The van der Waals surface area contributed by atoms with Crippen molar-refractivity contribution in [1.29, 1.82) is 0 Å². The lowest BCUT2D eigenvalue weighted by molar-refractivity contribution is -0.156. The van der Waals surface area contributed by atoms with Gasteiger partial charge in [-0.15, -0.1) is 0 Å². The van der Waals surface area contributed by atoms with E-state index in [0.717, 1.165) is 0 Å². The fourth-order valence-corrected chi connectivity index (χ4v) is 3.66. The first-order valence-electron chi connectivity index (χ1n) is 10.7.